The van der Waals surface area contributed by atoms with E-state index in [-0.39, 0.29) is 29.3 Å². The van der Waals surface area contributed by atoms with Gasteiger partial charge in [-0.1, -0.05) is 11.6 Å². The van der Waals surface area contributed by atoms with Crippen molar-refractivity contribution in [2.75, 3.05) is 0 Å². The van der Waals surface area contributed by atoms with Crippen molar-refractivity contribution >= 4 is 11.6 Å². The van der Waals surface area contributed by atoms with Crippen molar-refractivity contribution in [1.82, 2.24) is 24.1 Å². The Kier molecular flexibility index (Phi) is 4.72. The maximum Gasteiger partial charge on any atom is 0.336 e. The minimum atomic E-state index is -0.833. The Morgan fingerprint density at radius 2 is 2.07 bits per heavy atom. The van der Waals surface area contributed by atoms with Crippen LogP contribution in [0, 0.1) is 24.1 Å². The van der Waals surface area contributed by atoms with Crippen molar-refractivity contribution in [2.24, 2.45) is 0 Å². The Balaban J connectivity index is 2.03. The summed E-state index contributed by atoms with van der Waals surface area (Å²) < 4.78 is 15.6. The molecule has 4 rings (SSSR count). The quantitative estimate of drug-likeness (QED) is 0.609. The number of hydrogen-bond acceptors (Lipinski definition) is 6. The van der Waals surface area contributed by atoms with E-state index in [1.807, 2.05) is 6.07 Å². The highest BCUT2D eigenvalue weighted by molar-refractivity contribution is 6.29. The Bertz CT molecular complexity index is 1290. The fourth-order valence-electron chi connectivity index (χ4n) is 3.17. The highest BCUT2D eigenvalue weighted by Crippen LogP contribution is 2.40. The molecule has 29 heavy (non-hydrogen) atoms. The molecule has 3 heterocycles. The third-order valence-corrected chi connectivity index (χ3v) is 5.08. The molecule has 0 unspecified atom stereocenters. The van der Waals surface area contributed by atoms with E-state index >= 15 is 0 Å². The summed E-state index contributed by atoms with van der Waals surface area (Å²) in [5.74, 6) is -0.602. The zero-order valence-corrected chi connectivity index (χ0v) is 16.0. The van der Waals surface area contributed by atoms with Gasteiger partial charge in [0.2, 0.25) is 0 Å². The summed E-state index contributed by atoms with van der Waals surface area (Å²) in [7, 11) is 0. The molecule has 0 aromatic carbocycles. The summed E-state index contributed by atoms with van der Waals surface area (Å²) >= 11 is 5.75. The van der Waals surface area contributed by atoms with Gasteiger partial charge in [-0.3, -0.25) is 14.3 Å². The van der Waals surface area contributed by atoms with Gasteiger partial charge in [-0.15, -0.1) is 0 Å². The summed E-state index contributed by atoms with van der Waals surface area (Å²) in [6.45, 7) is 1.21. The highest BCUT2D eigenvalue weighted by Gasteiger charge is 2.26. The van der Waals surface area contributed by atoms with Gasteiger partial charge in [0.1, 0.15) is 12.1 Å². The molecule has 0 bridgehead atoms. The molecule has 1 saturated carbocycles. The zero-order chi connectivity index (χ0) is 20.7. The molecule has 0 saturated heterocycles. The number of aromatic nitrogens is 5. The fraction of sp³-hybridized carbons (Fsp3) is 0.263. The van der Waals surface area contributed by atoms with Gasteiger partial charge in [0.25, 0.3) is 5.56 Å². The number of pyridine rings is 1. The predicted molar refractivity (Wildman–Crippen MR) is 102 cm³/mol. The normalized spacial score (nSPS) is 13.3. The second-order valence-electron chi connectivity index (χ2n) is 6.71. The molecule has 0 radical (unpaired) electrons. The number of hydrogen-bond donors (Lipinski definition) is 0. The topological polar surface area (TPSA) is 106 Å². The van der Waals surface area contributed by atoms with E-state index in [0.717, 1.165) is 33.7 Å². The van der Waals surface area contributed by atoms with Crippen molar-refractivity contribution in [3.8, 4) is 23.1 Å². The maximum atomic E-state index is 13.5. The van der Waals surface area contributed by atoms with Crippen molar-refractivity contribution in [3.05, 3.63) is 67.7 Å². The van der Waals surface area contributed by atoms with Gasteiger partial charge in [0.15, 0.2) is 16.8 Å². The van der Waals surface area contributed by atoms with E-state index in [9.17, 15) is 14.0 Å². The average Bonchev–Trinajstić information content (AvgIpc) is 3.54. The minimum absolute atomic E-state index is 0.0430. The van der Waals surface area contributed by atoms with Crippen LogP contribution in [0.1, 0.15) is 30.0 Å². The lowest BCUT2D eigenvalue weighted by Gasteiger charge is -2.15. The summed E-state index contributed by atoms with van der Waals surface area (Å²) in [6.07, 6.45) is 6.02. The first-order valence-electron chi connectivity index (χ1n) is 8.79. The van der Waals surface area contributed by atoms with Crippen LogP contribution in [0.3, 0.4) is 0 Å². The van der Waals surface area contributed by atoms with Crippen LogP contribution in [0.5, 0.6) is 0 Å². The first kappa shape index (κ1) is 19.0. The molecule has 1 aliphatic rings. The van der Waals surface area contributed by atoms with Crippen LogP contribution < -0.4 is 11.2 Å². The van der Waals surface area contributed by atoms with E-state index in [1.54, 1.807) is 12.3 Å². The summed E-state index contributed by atoms with van der Waals surface area (Å²) in [5.41, 5.74) is -0.0143. The number of halogens is 2. The molecule has 0 amide bonds. The van der Waals surface area contributed by atoms with E-state index in [2.05, 4.69) is 15.0 Å². The molecular formula is C19H14ClFN6O2. The third-order valence-electron chi connectivity index (χ3n) is 4.81. The van der Waals surface area contributed by atoms with Crippen LogP contribution in [-0.2, 0) is 6.54 Å². The molecule has 10 heteroatoms. The molecule has 0 N–H and O–H groups in total. The summed E-state index contributed by atoms with van der Waals surface area (Å²) in [4.78, 5) is 38.2. The molecule has 1 aliphatic carbocycles. The molecule has 146 valence electrons. The van der Waals surface area contributed by atoms with Crippen LogP contribution in [0.4, 0.5) is 4.39 Å². The van der Waals surface area contributed by atoms with Gasteiger partial charge in [-0.2, -0.15) is 5.26 Å². The lowest BCUT2D eigenvalue weighted by Crippen LogP contribution is -2.41. The van der Waals surface area contributed by atoms with Gasteiger partial charge in [0.05, 0.1) is 24.2 Å². The van der Waals surface area contributed by atoms with Gasteiger partial charge in [0, 0.05) is 11.9 Å². The Labute approximate surface area is 168 Å². The van der Waals surface area contributed by atoms with Crippen LogP contribution in [0.25, 0.3) is 17.1 Å². The molecule has 3 aromatic rings. The van der Waals surface area contributed by atoms with E-state index in [4.69, 9.17) is 16.9 Å². The minimum Gasteiger partial charge on any atom is -0.283 e. The second kappa shape index (κ2) is 7.22. The fourth-order valence-corrected chi connectivity index (χ4v) is 3.30. The predicted octanol–water partition coefficient (Wildman–Crippen LogP) is 2.35. The van der Waals surface area contributed by atoms with Crippen LogP contribution in [0.2, 0.25) is 5.15 Å². The van der Waals surface area contributed by atoms with Crippen LogP contribution in [0.15, 0.2) is 34.2 Å². The van der Waals surface area contributed by atoms with Gasteiger partial charge in [-0.05, 0) is 37.3 Å². The first-order chi connectivity index (χ1) is 13.9. The van der Waals surface area contributed by atoms with Crippen LogP contribution in [-0.4, -0.2) is 24.1 Å². The molecule has 3 aromatic heterocycles. The molecule has 0 atom stereocenters. The number of nitriles is 1. The van der Waals surface area contributed by atoms with E-state index in [1.165, 1.54) is 13.1 Å². The van der Waals surface area contributed by atoms with Crippen LogP contribution >= 0.6 is 11.6 Å². The Morgan fingerprint density at radius 1 is 1.31 bits per heavy atom. The Morgan fingerprint density at radius 3 is 2.72 bits per heavy atom. The lowest BCUT2D eigenvalue weighted by atomic mass is 10.1. The number of nitrogens with zero attached hydrogens (tertiary/aromatic N) is 6. The maximum absolute atomic E-state index is 13.5. The SMILES string of the molecule is Cc1c(-c2ncc(F)c(Cl)n2)c(=O)n(-c2cncc(C3CC3)c2)c(=O)n1CC#N. The number of rotatable bonds is 4. The smallest absolute Gasteiger partial charge is 0.283 e. The second-order valence-corrected chi connectivity index (χ2v) is 7.07. The first-order valence-corrected chi connectivity index (χ1v) is 9.17. The average molecular weight is 413 g/mol. The molecule has 8 nitrogen and oxygen atoms in total. The summed E-state index contributed by atoms with van der Waals surface area (Å²) in [6, 6.07) is 3.65. The standard InChI is InChI=1S/C19H14ClFN6O2/c1-10-15(17-24-9-14(21)16(20)25-17)18(28)27(19(29)26(10)5-4-22)13-6-12(7-23-8-13)11-2-3-11/h6-9,11H,2-3,5H2,1H3. The summed E-state index contributed by atoms with van der Waals surface area (Å²) in [5, 5.41) is 8.71. The van der Waals surface area contributed by atoms with Crippen molar-refractivity contribution in [1.29, 1.82) is 5.26 Å². The molecule has 0 spiro atoms. The van der Waals surface area contributed by atoms with Gasteiger partial charge >= 0.3 is 5.69 Å². The van der Waals surface area contributed by atoms with Gasteiger partial charge in [-0.25, -0.2) is 23.7 Å². The molecule has 0 aliphatic heterocycles. The van der Waals surface area contributed by atoms with E-state index < -0.39 is 22.2 Å². The van der Waals surface area contributed by atoms with Crippen molar-refractivity contribution in [3.63, 3.8) is 0 Å². The highest BCUT2D eigenvalue weighted by atomic mass is 35.5. The molecule has 1 fully saturated rings. The Hall–Kier alpha value is -3.38. The van der Waals surface area contributed by atoms with Crippen molar-refractivity contribution in [2.45, 2.75) is 32.2 Å². The third kappa shape index (κ3) is 3.32. The van der Waals surface area contributed by atoms with Gasteiger partial charge < -0.3 is 0 Å². The van der Waals surface area contributed by atoms with E-state index in [0.29, 0.717) is 5.92 Å². The molecular weight excluding hydrogens is 399 g/mol. The lowest BCUT2D eigenvalue weighted by molar-refractivity contribution is 0.614. The van der Waals surface area contributed by atoms with Crippen molar-refractivity contribution < 1.29 is 4.39 Å². The monoisotopic (exact) mass is 412 g/mol. The largest absolute Gasteiger partial charge is 0.336 e. The zero-order valence-electron chi connectivity index (χ0n) is 15.3.